The van der Waals surface area contributed by atoms with Gasteiger partial charge in [-0.2, -0.15) is 0 Å². The topological polar surface area (TPSA) is 74.8 Å². The van der Waals surface area contributed by atoms with Gasteiger partial charge in [0.25, 0.3) is 5.91 Å². The lowest BCUT2D eigenvalue weighted by Gasteiger charge is -2.34. The third-order valence-corrected chi connectivity index (χ3v) is 5.06. The second kappa shape index (κ2) is 7.19. The van der Waals surface area contributed by atoms with Crippen LogP contribution in [0.3, 0.4) is 0 Å². The standard InChI is InChI=1S/C20H28N2O4/c1-20(2,24)12-13-7-9-22(10-8-13)19(23)16-11-14-15(21-16)5-6-17(25-3)18(14)26-4/h5-6,11,13,21,24H,7-10,12H2,1-4H3. The van der Waals surface area contributed by atoms with E-state index in [1.54, 1.807) is 14.2 Å². The van der Waals surface area contributed by atoms with E-state index in [2.05, 4.69) is 4.98 Å². The molecule has 1 fully saturated rings. The van der Waals surface area contributed by atoms with Crippen LogP contribution in [0.25, 0.3) is 10.9 Å². The van der Waals surface area contributed by atoms with Gasteiger partial charge in [-0.3, -0.25) is 4.79 Å². The number of aromatic amines is 1. The van der Waals surface area contributed by atoms with Gasteiger partial charge in [0.1, 0.15) is 5.69 Å². The van der Waals surface area contributed by atoms with Crippen LogP contribution < -0.4 is 9.47 Å². The normalized spacial score (nSPS) is 16.1. The number of hydrogen-bond acceptors (Lipinski definition) is 4. The molecule has 1 aliphatic heterocycles. The zero-order chi connectivity index (χ0) is 18.9. The quantitative estimate of drug-likeness (QED) is 0.859. The highest BCUT2D eigenvalue weighted by Gasteiger charge is 2.28. The zero-order valence-corrected chi connectivity index (χ0v) is 16.0. The number of rotatable bonds is 5. The molecule has 0 unspecified atom stereocenters. The first-order valence-corrected chi connectivity index (χ1v) is 9.07. The Morgan fingerprint density at radius 2 is 1.96 bits per heavy atom. The summed E-state index contributed by atoms with van der Waals surface area (Å²) >= 11 is 0. The molecule has 0 spiro atoms. The number of hydrogen-bond donors (Lipinski definition) is 2. The molecule has 1 saturated heterocycles. The van der Waals surface area contributed by atoms with Crippen LogP contribution in [0.2, 0.25) is 0 Å². The molecule has 142 valence electrons. The molecule has 26 heavy (non-hydrogen) atoms. The van der Waals surface area contributed by atoms with Crippen LogP contribution in [-0.2, 0) is 0 Å². The first-order chi connectivity index (χ1) is 12.3. The molecule has 0 atom stereocenters. The van der Waals surface area contributed by atoms with Gasteiger partial charge in [-0.05, 0) is 57.2 Å². The lowest BCUT2D eigenvalue weighted by molar-refractivity contribution is 0.0357. The van der Waals surface area contributed by atoms with Crippen molar-refractivity contribution in [3.63, 3.8) is 0 Å². The minimum atomic E-state index is -0.649. The number of fused-ring (bicyclic) bond motifs is 1. The second-order valence-electron chi connectivity index (χ2n) is 7.70. The molecule has 1 aliphatic rings. The van der Waals surface area contributed by atoms with Gasteiger partial charge in [-0.25, -0.2) is 0 Å². The molecule has 1 aromatic carbocycles. The molecule has 3 rings (SSSR count). The number of aliphatic hydroxyl groups is 1. The Labute approximate surface area is 154 Å². The van der Waals surface area contributed by atoms with Crippen molar-refractivity contribution in [2.45, 2.75) is 38.7 Å². The SMILES string of the molecule is COc1ccc2[nH]c(C(=O)N3CCC(CC(C)(C)O)CC3)cc2c1OC. The summed E-state index contributed by atoms with van der Waals surface area (Å²) in [6.45, 7) is 5.12. The third-order valence-electron chi connectivity index (χ3n) is 5.06. The highest BCUT2D eigenvalue weighted by molar-refractivity contribution is 6.00. The van der Waals surface area contributed by atoms with Gasteiger partial charge < -0.3 is 24.5 Å². The molecule has 2 heterocycles. The van der Waals surface area contributed by atoms with Gasteiger partial charge in [0, 0.05) is 18.5 Å². The van der Waals surface area contributed by atoms with Crippen LogP contribution >= 0.6 is 0 Å². The van der Waals surface area contributed by atoms with Crippen molar-refractivity contribution in [3.8, 4) is 11.5 Å². The Hall–Kier alpha value is -2.21. The number of methoxy groups -OCH3 is 2. The minimum absolute atomic E-state index is 0.00364. The number of nitrogens with one attached hydrogen (secondary N) is 1. The number of benzene rings is 1. The Morgan fingerprint density at radius 3 is 2.54 bits per heavy atom. The summed E-state index contributed by atoms with van der Waals surface area (Å²) in [5.41, 5.74) is 0.763. The van der Waals surface area contributed by atoms with Gasteiger partial charge in [0.15, 0.2) is 11.5 Å². The highest BCUT2D eigenvalue weighted by atomic mass is 16.5. The fraction of sp³-hybridized carbons (Fsp3) is 0.550. The van der Waals surface area contributed by atoms with E-state index in [1.807, 2.05) is 36.9 Å². The van der Waals surface area contributed by atoms with E-state index < -0.39 is 5.60 Å². The number of nitrogens with zero attached hydrogens (tertiary/aromatic N) is 1. The summed E-state index contributed by atoms with van der Waals surface area (Å²) in [7, 11) is 3.19. The number of carbonyl (C=O) groups is 1. The predicted octanol–water partition coefficient (Wildman–Crippen LogP) is 3.20. The molecule has 2 aromatic rings. The summed E-state index contributed by atoms with van der Waals surface area (Å²) in [6.07, 6.45) is 2.62. The Morgan fingerprint density at radius 1 is 1.27 bits per heavy atom. The average Bonchev–Trinajstić information content (AvgIpc) is 3.03. The van der Waals surface area contributed by atoms with Crippen molar-refractivity contribution in [3.05, 3.63) is 23.9 Å². The molecule has 1 aromatic heterocycles. The molecule has 0 aliphatic carbocycles. The summed E-state index contributed by atoms with van der Waals surface area (Å²) in [5, 5.41) is 10.8. The van der Waals surface area contributed by atoms with Crippen molar-refractivity contribution in [2.24, 2.45) is 5.92 Å². The molecule has 0 saturated carbocycles. The summed E-state index contributed by atoms with van der Waals surface area (Å²) < 4.78 is 10.8. The molecule has 2 N–H and O–H groups in total. The fourth-order valence-electron chi connectivity index (χ4n) is 3.86. The summed E-state index contributed by atoms with van der Waals surface area (Å²) in [4.78, 5) is 18.0. The van der Waals surface area contributed by atoms with E-state index >= 15 is 0 Å². The predicted molar refractivity (Wildman–Crippen MR) is 101 cm³/mol. The maximum Gasteiger partial charge on any atom is 0.270 e. The van der Waals surface area contributed by atoms with E-state index in [4.69, 9.17) is 9.47 Å². The van der Waals surface area contributed by atoms with Crippen LogP contribution in [0.5, 0.6) is 11.5 Å². The zero-order valence-electron chi connectivity index (χ0n) is 16.0. The van der Waals surface area contributed by atoms with Crippen molar-refractivity contribution < 1.29 is 19.4 Å². The number of H-pyrrole nitrogens is 1. The minimum Gasteiger partial charge on any atom is -0.493 e. The highest BCUT2D eigenvalue weighted by Crippen LogP contribution is 2.36. The monoisotopic (exact) mass is 360 g/mol. The number of carbonyl (C=O) groups excluding carboxylic acids is 1. The molecule has 6 nitrogen and oxygen atoms in total. The Balaban J connectivity index is 1.75. The first kappa shape index (κ1) is 18.6. The molecular weight excluding hydrogens is 332 g/mol. The number of ether oxygens (including phenoxy) is 2. The number of piperidine rings is 1. The number of aromatic nitrogens is 1. The number of likely N-dealkylation sites (tertiary alicyclic amines) is 1. The van der Waals surface area contributed by atoms with Gasteiger partial charge in [0.05, 0.1) is 25.3 Å². The molecule has 0 bridgehead atoms. The second-order valence-corrected chi connectivity index (χ2v) is 7.70. The largest absolute Gasteiger partial charge is 0.493 e. The maximum atomic E-state index is 12.9. The van der Waals surface area contributed by atoms with Crippen LogP contribution in [0.15, 0.2) is 18.2 Å². The van der Waals surface area contributed by atoms with Crippen molar-refractivity contribution >= 4 is 16.8 Å². The van der Waals surface area contributed by atoms with E-state index in [0.717, 1.165) is 43.3 Å². The lowest BCUT2D eigenvalue weighted by atomic mass is 9.86. The molecular formula is C20H28N2O4. The van der Waals surface area contributed by atoms with Gasteiger partial charge in [-0.15, -0.1) is 0 Å². The van der Waals surface area contributed by atoms with Crippen LogP contribution in [0, 0.1) is 5.92 Å². The van der Waals surface area contributed by atoms with Crippen LogP contribution in [0.1, 0.15) is 43.6 Å². The van der Waals surface area contributed by atoms with E-state index in [0.29, 0.717) is 23.1 Å². The number of amides is 1. The summed E-state index contributed by atoms with van der Waals surface area (Å²) in [5.74, 6) is 1.74. The van der Waals surface area contributed by atoms with Crippen LogP contribution in [0.4, 0.5) is 0 Å². The van der Waals surface area contributed by atoms with E-state index in [-0.39, 0.29) is 5.91 Å². The molecule has 6 heteroatoms. The molecule has 1 amide bonds. The fourth-order valence-corrected chi connectivity index (χ4v) is 3.86. The Kier molecular flexibility index (Phi) is 5.14. The smallest absolute Gasteiger partial charge is 0.270 e. The van der Waals surface area contributed by atoms with Crippen molar-refractivity contribution in [1.82, 2.24) is 9.88 Å². The first-order valence-electron chi connectivity index (χ1n) is 9.07. The van der Waals surface area contributed by atoms with Crippen LogP contribution in [-0.4, -0.2) is 53.8 Å². The molecule has 0 radical (unpaired) electrons. The van der Waals surface area contributed by atoms with E-state index in [9.17, 15) is 9.90 Å². The van der Waals surface area contributed by atoms with Crippen molar-refractivity contribution in [2.75, 3.05) is 27.3 Å². The van der Waals surface area contributed by atoms with Crippen molar-refractivity contribution in [1.29, 1.82) is 0 Å². The average molecular weight is 360 g/mol. The lowest BCUT2D eigenvalue weighted by Crippen LogP contribution is -2.40. The Bertz CT molecular complexity index is 783. The van der Waals surface area contributed by atoms with E-state index in [1.165, 1.54) is 0 Å². The van der Waals surface area contributed by atoms with Gasteiger partial charge in [0.2, 0.25) is 0 Å². The van der Waals surface area contributed by atoms with Gasteiger partial charge in [-0.1, -0.05) is 0 Å². The maximum absolute atomic E-state index is 12.9. The summed E-state index contributed by atoms with van der Waals surface area (Å²) in [6, 6.07) is 5.55. The third kappa shape index (κ3) is 3.80. The van der Waals surface area contributed by atoms with Gasteiger partial charge >= 0.3 is 0 Å².